The summed E-state index contributed by atoms with van der Waals surface area (Å²) in [5.41, 5.74) is -0.869. The molecule has 1 fully saturated rings. The van der Waals surface area contributed by atoms with E-state index in [9.17, 15) is 5.11 Å². The van der Waals surface area contributed by atoms with E-state index in [0.29, 0.717) is 0 Å². The lowest BCUT2D eigenvalue weighted by Crippen LogP contribution is -2.56. The summed E-state index contributed by atoms with van der Waals surface area (Å²) in [7, 11) is 0. The van der Waals surface area contributed by atoms with Gasteiger partial charge in [-0.15, -0.1) is 0 Å². The van der Waals surface area contributed by atoms with Gasteiger partial charge in [-0.25, -0.2) is 0 Å². The Labute approximate surface area is 94.5 Å². The monoisotopic (exact) mass is 213 g/mol. The molecule has 0 atom stereocenters. The minimum Gasteiger partial charge on any atom is -0.389 e. The maximum absolute atomic E-state index is 10.0. The highest BCUT2D eigenvalue weighted by Gasteiger charge is 2.34. The SMILES string of the molecule is CC(C)(O)C(C)(C)NCC1CCCCC1. The van der Waals surface area contributed by atoms with Crippen LogP contribution in [0.15, 0.2) is 0 Å². The summed E-state index contributed by atoms with van der Waals surface area (Å²) in [6.07, 6.45) is 6.89. The summed E-state index contributed by atoms with van der Waals surface area (Å²) < 4.78 is 0. The second-order valence-corrected chi connectivity index (χ2v) is 6.07. The maximum Gasteiger partial charge on any atom is 0.0767 e. The molecule has 0 radical (unpaired) electrons. The summed E-state index contributed by atoms with van der Waals surface area (Å²) in [5, 5.41) is 13.5. The summed E-state index contributed by atoms with van der Waals surface area (Å²) in [6.45, 7) is 8.96. The van der Waals surface area contributed by atoms with E-state index in [1.165, 1.54) is 32.1 Å². The van der Waals surface area contributed by atoms with Crippen molar-refractivity contribution in [2.45, 2.75) is 70.9 Å². The van der Waals surface area contributed by atoms with Crippen LogP contribution in [-0.4, -0.2) is 22.8 Å². The van der Waals surface area contributed by atoms with Crippen LogP contribution >= 0.6 is 0 Å². The van der Waals surface area contributed by atoms with Crippen LogP contribution in [0.25, 0.3) is 0 Å². The molecule has 1 aliphatic carbocycles. The Morgan fingerprint density at radius 3 is 2.07 bits per heavy atom. The fraction of sp³-hybridized carbons (Fsp3) is 1.00. The predicted octanol–water partition coefficient (Wildman–Crippen LogP) is 2.71. The molecule has 1 saturated carbocycles. The van der Waals surface area contributed by atoms with Gasteiger partial charge >= 0.3 is 0 Å². The van der Waals surface area contributed by atoms with Crippen molar-refractivity contribution >= 4 is 0 Å². The normalized spacial score (nSPS) is 20.6. The fourth-order valence-corrected chi connectivity index (χ4v) is 2.01. The number of nitrogens with one attached hydrogen (secondary N) is 1. The third-order valence-electron chi connectivity index (χ3n) is 4.09. The van der Waals surface area contributed by atoms with Crippen molar-refractivity contribution in [1.82, 2.24) is 5.32 Å². The Hall–Kier alpha value is -0.0800. The van der Waals surface area contributed by atoms with Gasteiger partial charge in [0.1, 0.15) is 0 Å². The number of aliphatic hydroxyl groups is 1. The molecule has 0 aromatic heterocycles. The first-order valence-corrected chi connectivity index (χ1v) is 6.30. The molecule has 2 N–H and O–H groups in total. The van der Waals surface area contributed by atoms with Gasteiger partial charge in [-0.05, 0) is 53.0 Å². The second-order valence-electron chi connectivity index (χ2n) is 6.07. The molecular formula is C13H27NO. The van der Waals surface area contributed by atoms with Crippen molar-refractivity contribution in [3.05, 3.63) is 0 Å². The molecule has 15 heavy (non-hydrogen) atoms. The Balaban J connectivity index is 2.35. The van der Waals surface area contributed by atoms with Gasteiger partial charge in [0.2, 0.25) is 0 Å². The zero-order valence-corrected chi connectivity index (χ0v) is 10.8. The molecule has 0 aromatic carbocycles. The molecule has 1 rings (SSSR count). The van der Waals surface area contributed by atoms with Gasteiger partial charge in [-0.3, -0.25) is 0 Å². The van der Waals surface area contributed by atoms with Gasteiger partial charge in [0.05, 0.1) is 5.60 Å². The lowest BCUT2D eigenvalue weighted by molar-refractivity contribution is -0.00671. The Morgan fingerprint density at radius 1 is 1.07 bits per heavy atom. The number of rotatable bonds is 4. The average molecular weight is 213 g/mol. The summed E-state index contributed by atoms with van der Waals surface area (Å²) in [6, 6.07) is 0. The van der Waals surface area contributed by atoms with E-state index in [-0.39, 0.29) is 5.54 Å². The maximum atomic E-state index is 10.0. The van der Waals surface area contributed by atoms with Gasteiger partial charge in [0, 0.05) is 5.54 Å². The first-order chi connectivity index (χ1) is 6.83. The van der Waals surface area contributed by atoms with Gasteiger partial charge < -0.3 is 10.4 Å². The summed E-state index contributed by atoms with van der Waals surface area (Å²) in [4.78, 5) is 0. The van der Waals surface area contributed by atoms with Crippen LogP contribution in [0.4, 0.5) is 0 Å². The van der Waals surface area contributed by atoms with E-state index >= 15 is 0 Å². The van der Waals surface area contributed by atoms with Crippen LogP contribution in [-0.2, 0) is 0 Å². The van der Waals surface area contributed by atoms with Gasteiger partial charge in [-0.1, -0.05) is 19.3 Å². The lowest BCUT2D eigenvalue weighted by Gasteiger charge is -2.39. The third-order valence-corrected chi connectivity index (χ3v) is 4.09. The van der Waals surface area contributed by atoms with Crippen LogP contribution in [0.2, 0.25) is 0 Å². The van der Waals surface area contributed by atoms with Crippen molar-refractivity contribution in [3.8, 4) is 0 Å². The van der Waals surface area contributed by atoms with Crippen LogP contribution in [0.3, 0.4) is 0 Å². The van der Waals surface area contributed by atoms with Crippen molar-refractivity contribution in [1.29, 1.82) is 0 Å². The minimum atomic E-state index is -0.665. The molecule has 0 aliphatic heterocycles. The van der Waals surface area contributed by atoms with Crippen LogP contribution in [0, 0.1) is 5.92 Å². The van der Waals surface area contributed by atoms with Gasteiger partial charge in [0.15, 0.2) is 0 Å². The largest absolute Gasteiger partial charge is 0.389 e. The molecule has 0 heterocycles. The topological polar surface area (TPSA) is 32.3 Å². The standard InChI is InChI=1S/C13H27NO/c1-12(2,13(3,4)15)14-10-11-8-6-5-7-9-11/h11,14-15H,5-10H2,1-4H3. The molecular weight excluding hydrogens is 186 g/mol. The molecule has 0 amide bonds. The highest BCUT2D eigenvalue weighted by Crippen LogP contribution is 2.25. The first-order valence-electron chi connectivity index (χ1n) is 6.30. The smallest absolute Gasteiger partial charge is 0.0767 e. The Morgan fingerprint density at radius 2 is 1.60 bits per heavy atom. The highest BCUT2D eigenvalue weighted by molar-refractivity contribution is 4.93. The van der Waals surface area contributed by atoms with E-state index < -0.39 is 5.60 Å². The van der Waals surface area contributed by atoms with Gasteiger partial charge in [-0.2, -0.15) is 0 Å². The summed E-state index contributed by atoms with van der Waals surface area (Å²) >= 11 is 0. The van der Waals surface area contributed by atoms with Crippen molar-refractivity contribution < 1.29 is 5.11 Å². The zero-order valence-electron chi connectivity index (χ0n) is 10.8. The zero-order chi connectivity index (χ0) is 11.5. The van der Waals surface area contributed by atoms with Crippen molar-refractivity contribution in [2.24, 2.45) is 5.92 Å². The van der Waals surface area contributed by atoms with Crippen LogP contribution in [0.5, 0.6) is 0 Å². The molecule has 90 valence electrons. The molecule has 0 unspecified atom stereocenters. The average Bonchev–Trinajstić information content (AvgIpc) is 2.15. The molecule has 1 aliphatic rings. The number of hydrogen-bond acceptors (Lipinski definition) is 2. The van der Waals surface area contributed by atoms with E-state index in [0.717, 1.165) is 12.5 Å². The van der Waals surface area contributed by atoms with E-state index in [2.05, 4.69) is 19.2 Å². The Bertz CT molecular complexity index is 187. The highest BCUT2D eigenvalue weighted by atomic mass is 16.3. The molecule has 0 bridgehead atoms. The van der Waals surface area contributed by atoms with E-state index in [1.54, 1.807) is 0 Å². The van der Waals surface area contributed by atoms with E-state index in [1.807, 2.05) is 13.8 Å². The molecule has 2 nitrogen and oxygen atoms in total. The quantitative estimate of drug-likeness (QED) is 0.752. The lowest BCUT2D eigenvalue weighted by atomic mass is 9.84. The Kier molecular flexibility index (Phi) is 4.19. The molecule has 0 aromatic rings. The first kappa shape index (κ1) is 13.0. The fourth-order valence-electron chi connectivity index (χ4n) is 2.01. The predicted molar refractivity (Wildman–Crippen MR) is 65.0 cm³/mol. The molecule has 0 saturated heterocycles. The van der Waals surface area contributed by atoms with Crippen LogP contribution < -0.4 is 5.32 Å². The van der Waals surface area contributed by atoms with Gasteiger partial charge in [0.25, 0.3) is 0 Å². The van der Waals surface area contributed by atoms with Crippen molar-refractivity contribution in [2.75, 3.05) is 6.54 Å². The molecule has 2 heteroatoms. The summed E-state index contributed by atoms with van der Waals surface area (Å²) in [5.74, 6) is 0.820. The minimum absolute atomic E-state index is 0.204. The molecule has 0 spiro atoms. The van der Waals surface area contributed by atoms with Crippen LogP contribution in [0.1, 0.15) is 59.8 Å². The third kappa shape index (κ3) is 3.76. The van der Waals surface area contributed by atoms with E-state index in [4.69, 9.17) is 0 Å². The number of hydrogen-bond donors (Lipinski definition) is 2. The van der Waals surface area contributed by atoms with Crippen molar-refractivity contribution in [3.63, 3.8) is 0 Å². The second kappa shape index (κ2) is 4.84.